The molecule has 4 N–H and O–H groups in total. The first kappa shape index (κ1) is 14.5. The summed E-state index contributed by atoms with van der Waals surface area (Å²) in [5, 5.41) is 12.2. The molecule has 2 unspecified atom stereocenters. The predicted octanol–water partition coefficient (Wildman–Crippen LogP) is 1.03. The van der Waals surface area contributed by atoms with E-state index in [-0.39, 0.29) is 24.0 Å². The van der Waals surface area contributed by atoms with Crippen LogP contribution in [-0.2, 0) is 4.79 Å². The van der Waals surface area contributed by atoms with Crippen molar-refractivity contribution in [3.63, 3.8) is 0 Å². The van der Waals surface area contributed by atoms with Gasteiger partial charge in [0.25, 0.3) is 0 Å². The summed E-state index contributed by atoms with van der Waals surface area (Å²) in [6, 6.07) is 0.0507. The molecule has 0 aromatic rings. The van der Waals surface area contributed by atoms with Crippen molar-refractivity contribution in [3.8, 4) is 0 Å². The molecule has 4 heteroatoms. The number of nitrogens with two attached hydrogens (primary N) is 1. The van der Waals surface area contributed by atoms with Crippen LogP contribution >= 0.6 is 0 Å². The molecule has 100 valence electrons. The van der Waals surface area contributed by atoms with E-state index in [0.29, 0.717) is 12.3 Å². The van der Waals surface area contributed by atoms with E-state index in [1.165, 1.54) is 0 Å². The van der Waals surface area contributed by atoms with Gasteiger partial charge >= 0.3 is 0 Å². The van der Waals surface area contributed by atoms with E-state index in [2.05, 4.69) is 5.32 Å². The molecule has 0 heterocycles. The van der Waals surface area contributed by atoms with Gasteiger partial charge in [-0.05, 0) is 58.4 Å². The first-order chi connectivity index (χ1) is 8.02. The minimum atomic E-state index is -0.363. The number of amides is 1. The van der Waals surface area contributed by atoms with Crippen molar-refractivity contribution in [2.45, 2.75) is 58.1 Å². The number of carbonyl (C=O) groups is 1. The average molecular weight is 242 g/mol. The van der Waals surface area contributed by atoms with Crippen LogP contribution in [0.25, 0.3) is 0 Å². The van der Waals surface area contributed by atoms with Gasteiger partial charge in [-0.2, -0.15) is 0 Å². The van der Waals surface area contributed by atoms with E-state index in [1.54, 1.807) is 6.92 Å². The number of nitrogens with one attached hydrogen (secondary N) is 1. The molecule has 1 saturated carbocycles. The van der Waals surface area contributed by atoms with Crippen LogP contribution in [0, 0.1) is 11.8 Å². The summed E-state index contributed by atoms with van der Waals surface area (Å²) in [6.45, 7) is 4.43. The van der Waals surface area contributed by atoms with Crippen molar-refractivity contribution in [2.24, 2.45) is 17.6 Å². The van der Waals surface area contributed by atoms with Crippen LogP contribution in [0.4, 0.5) is 0 Å². The zero-order valence-electron chi connectivity index (χ0n) is 11.0. The van der Waals surface area contributed by atoms with Crippen molar-refractivity contribution >= 4 is 5.91 Å². The Balaban J connectivity index is 2.29. The van der Waals surface area contributed by atoms with Crippen molar-refractivity contribution in [3.05, 3.63) is 0 Å². The maximum absolute atomic E-state index is 12.0. The van der Waals surface area contributed by atoms with Gasteiger partial charge in [0.15, 0.2) is 0 Å². The van der Waals surface area contributed by atoms with Crippen LogP contribution in [-0.4, -0.2) is 29.7 Å². The van der Waals surface area contributed by atoms with Gasteiger partial charge in [-0.1, -0.05) is 0 Å². The minimum Gasteiger partial charge on any atom is -0.393 e. The number of aliphatic hydroxyl groups excluding tert-OH is 1. The smallest absolute Gasteiger partial charge is 0.223 e. The fraction of sp³-hybridized carbons (Fsp3) is 0.923. The molecule has 1 aliphatic rings. The Hall–Kier alpha value is -0.610. The first-order valence-electron chi connectivity index (χ1n) is 6.71. The molecule has 2 atom stereocenters. The van der Waals surface area contributed by atoms with Gasteiger partial charge in [-0.15, -0.1) is 0 Å². The highest BCUT2D eigenvalue weighted by molar-refractivity contribution is 5.78. The van der Waals surface area contributed by atoms with Crippen LogP contribution in [0.15, 0.2) is 0 Å². The second-order valence-electron chi connectivity index (χ2n) is 5.45. The maximum atomic E-state index is 12.0. The molecule has 0 aromatic heterocycles. The largest absolute Gasteiger partial charge is 0.393 e. The molecule has 17 heavy (non-hydrogen) atoms. The second kappa shape index (κ2) is 6.97. The van der Waals surface area contributed by atoms with Gasteiger partial charge in [-0.3, -0.25) is 4.79 Å². The highest BCUT2D eigenvalue weighted by Gasteiger charge is 2.26. The van der Waals surface area contributed by atoms with Gasteiger partial charge in [0.05, 0.1) is 6.10 Å². The van der Waals surface area contributed by atoms with Crippen LogP contribution in [0.3, 0.4) is 0 Å². The third-order valence-electron chi connectivity index (χ3n) is 3.63. The van der Waals surface area contributed by atoms with E-state index in [1.807, 2.05) is 6.92 Å². The molecule has 1 rings (SSSR count). The molecule has 1 amide bonds. The summed E-state index contributed by atoms with van der Waals surface area (Å²) < 4.78 is 0. The highest BCUT2D eigenvalue weighted by Crippen LogP contribution is 2.28. The average Bonchev–Trinajstić information content (AvgIpc) is 2.28. The lowest BCUT2D eigenvalue weighted by Gasteiger charge is -2.28. The van der Waals surface area contributed by atoms with Crippen LogP contribution in [0.5, 0.6) is 0 Å². The molecule has 4 nitrogen and oxygen atoms in total. The van der Waals surface area contributed by atoms with E-state index in [0.717, 1.165) is 32.2 Å². The Morgan fingerprint density at radius 2 is 1.94 bits per heavy atom. The molecule has 0 bridgehead atoms. The summed E-state index contributed by atoms with van der Waals surface area (Å²) in [7, 11) is 0. The Kier molecular flexibility index (Phi) is 5.92. The maximum Gasteiger partial charge on any atom is 0.223 e. The standard InChI is InChI=1S/C13H26N2O2/c1-9(7-10(2)16)15-13(17)12-5-3-11(8-14)4-6-12/h9-12,16H,3-8,14H2,1-2H3,(H,15,17). The summed E-state index contributed by atoms with van der Waals surface area (Å²) >= 11 is 0. The molecule has 0 aromatic carbocycles. The lowest BCUT2D eigenvalue weighted by atomic mass is 9.81. The molecular weight excluding hydrogens is 216 g/mol. The third-order valence-corrected chi connectivity index (χ3v) is 3.63. The lowest BCUT2D eigenvalue weighted by Crippen LogP contribution is -2.40. The third kappa shape index (κ3) is 5.04. The van der Waals surface area contributed by atoms with Crippen LogP contribution in [0.1, 0.15) is 46.0 Å². The summed E-state index contributed by atoms with van der Waals surface area (Å²) in [5.41, 5.74) is 5.63. The predicted molar refractivity (Wildman–Crippen MR) is 68.4 cm³/mol. The summed E-state index contributed by atoms with van der Waals surface area (Å²) in [5.74, 6) is 0.900. The fourth-order valence-electron chi connectivity index (χ4n) is 2.59. The number of hydrogen-bond donors (Lipinski definition) is 3. The van der Waals surface area contributed by atoms with Crippen molar-refractivity contribution < 1.29 is 9.90 Å². The quantitative estimate of drug-likeness (QED) is 0.674. The van der Waals surface area contributed by atoms with Crippen molar-refractivity contribution in [2.75, 3.05) is 6.54 Å². The van der Waals surface area contributed by atoms with Crippen LogP contribution < -0.4 is 11.1 Å². The van der Waals surface area contributed by atoms with Gasteiger partial charge in [0.1, 0.15) is 0 Å². The highest BCUT2D eigenvalue weighted by atomic mass is 16.3. The second-order valence-corrected chi connectivity index (χ2v) is 5.45. The summed E-state index contributed by atoms with van der Waals surface area (Å²) in [6.07, 6.45) is 4.30. The Bertz CT molecular complexity index is 236. The first-order valence-corrected chi connectivity index (χ1v) is 6.71. The normalized spacial score (nSPS) is 28.5. The Morgan fingerprint density at radius 3 is 2.41 bits per heavy atom. The SMILES string of the molecule is CC(O)CC(C)NC(=O)C1CCC(CN)CC1. The molecule has 0 aliphatic heterocycles. The van der Waals surface area contributed by atoms with E-state index in [4.69, 9.17) is 5.73 Å². The molecule has 1 fully saturated rings. The summed E-state index contributed by atoms with van der Waals surface area (Å²) in [4.78, 5) is 12.0. The van der Waals surface area contributed by atoms with E-state index >= 15 is 0 Å². The molecule has 1 aliphatic carbocycles. The molecule has 0 radical (unpaired) electrons. The monoisotopic (exact) mass is 242 g/mol. The van der Waals surface area contributed by atoms with Crippen LogP contribution in [0.2, 0.25) is 0 Å². The minimum absolute atomic E-state index is 0.0507. The van der Waals surface area contributed by atoms with Gasteiger partial charge in [0.2, 0.25) is 5.91 Å². The van der Waals surface area contributed by atoms with Crippen molar-refractivity contribution in [1.82, 2.24) is 5.32 Å². The van der Waals surface area contributed by atoms with Gasteiger partial charge in [-0.25, -0.2) is 0 Å². The molecular formula is C13H26N2O2. The van der Waals surface area contributed by atoms with E-state index in [9.17, 15) is 9.90 Å². The van der Waals surface area contributed by atoms with Gasteiger partial charge in [0, 0.05) is 12.0 Å². The zero-order chi connectivity index (χ0) is 12.8. The molecule has 0 spiro atoms. The fourth-order valence-corrected chi connectivity index (χ4v) is 2.59. The van der Waals surface area contributed by atoms with E-state index < -0.39 is 0 Å². The van der Waals surface area contributed by atoms with Gasteiger partial charge < -0.3 is 16.2 Å². The Labute approximate surface area is 104 Å². The molecule has 0 saturated heterocycles. The number of rotatable bonds is 5. The number of carbonyl (C=O) groups excluding carboxylic acids is 1. The lowest BCUT2D eigenvalue weighted by molar-refractivity contribution is -0.127. The van der Waals surface area contributed by atoms with Crippen molar-refractivity contribution in [1.29, 1.82) is 0 Å². The topological polar surface area (TPSA) is 75.3 Å². The number of hydrogen-bond acceptors (Lipinski definition) is 3. The Morgan fingerprint density at radius 1 is 1.35 bits per heavy atom. The zero-order valence-corrected chi connectivity index (χ0v) is 11.0. The number of aliphatic hydroxyl groups is 1.